The van der Waals surface area contributed by atoms with Crippen molar-refractivity contribution in [3.8, 4) is 0 Å². The number of esters is 1. The zero-order valence-corrected chi connectivity index (χ0v) is 13.0. The fourth-order valence-corrected chi connectivity index (χ4v) is 2.19. The molecule has 21 heavy (non-hydrogen) atoms. The molecule has 2 rings (SSSR count). The van der Waals surface area contributed by atoms with Crippen molar-refractivity contribution in [2.24, 2.45) is 0 Å². The summed E-state index contributed by atoms with van der Waals surface area (Å²) in [5.74, 6) is -0.413. The third-order valence-corrected chi connectivity index (χ3v) is 3.51. The van der Waals surface area contributed by atoms with Crippen molar-refractivity contribution in [3.63, 3.8) is 0 Å². The monoisotopic (exact) mass is 347 g/mol. The van der Waals surface area contributed by atoms with Crippen molar-refractivity contribution in [2.45, 2.75) is 6.54 Å². The quantitative estimate of drug-likeness (QED) is 0.473. The Morgan fingerprint density at radius 1 is 1.29 bits per heavy atom. The molecule has 0 N–H and O–H groups in total. The summed E-state index contributed by atoms with van der Waals surface area (Å²) in [5, 5.41) is 0. The van der Waals surface area contributed by atoms with E-state index in [1.54, 1.807) is 29.0 Å². The van der Waals surface area contributed by atoms with Gasteiger partial charge in [-0.2, -0.15) is 0 Å². The van der Waals surface area contributed by atoms with Crippen LogP contribution in [0.5, 0.6) is 0 Å². The van der Waals surface area contributed by atoms with E-state index >= 15 is 0 Å². The highest BCUT2D eigenvalue weighted by atomic mass is 79.9. The molecule has 0 aliphatic rings. The number of ether oxygens (including phenoxy) is 1. The van der Waals surface area contributed by atoms with Crippen molar-refractivity contribution < 1.29 is 14.3 Å². The van der Waals surface area contributed by atoms with Crippen molar-refractivity contribution in [1.82, 2.24) is 4.57 Å². The second kappa shape index (κ2) is 7.04. The molecular weight excluding hydrogens is 334 g/mol. The van der Waals surface area contributed by atoms with E-state index in [-0.39, 0.29) is 6.54 Å². The predicted molar refractivity (Wildman–Crippen MR) is 84.0 cm³/mol. The fraction of sp³-hybridized carbons (Fsp3) is 0.125. The summed E-state index contributed by atoms with van der Waals surface area (Å²) in [5.41, 5.74) is 1.87. The predicted octanol–water partition coefficient (Wildman–Crippen LogP) is 3.32. The molecule has 2 aromatic rings. The molecule has 0 saturated heterocycles. The van der Waals surface area contributed by atoms with Gasteiger partial charge in [0.1, 0.15) is 0 Å². The van der Waals surface area contributed by atoms with Crippen LogP contribution in [0.15, 0.2) is 52.6 Å². The maximum Gasteiger partial charge on any atom is 0.335 e. The second-order valence-electron chi connectivity index (χ2n) is 4.39. The number of methoxy groups -OCH3 is 1. The number of carbonyl (C=O) groups is 2. The largest absolute Gasteiger partial charge is 0.466 e. The molecule has 0 aliphatic carbocycles. The maximum absolute atomic E-state index is 11.9. The van der Waals surface area contributed by atoms with Gasteiger partial charge in [-0.05, 0) is 35.9 Å². The van der Waals surface area contributed by atoms with Gasteiger partial charge in [0, 0.05) is 10.7 Å². The van der Waals surface area contributed by atoms with Crippen LogP contribution in [0.1, 0.15) is 16.1 Å². The van der Waals surface area contributed by atoms with Crippen LogP contribution in [0, 0.1) is 0 Å². The van der Waals surface area contributed by atoms with Gasteiger partial charge in [-0.15, -0.1) is 0 Å². The van der Waals surface area contributed by atoms with Crippen LogP contribution < -0.4 is 0 Å². The number of rotatable bonds is 5. The Morgan fingerprint density at radius 2 is 2.00 bits per heavy atom. The van der Waals surface area contributed by atoms with Crippen LogP contribution in [0.4, 0.5) is 0 Å². The Bertz CT molecular complexity index is 671. The topological polar surface area (TPSA) is 48.3 Å². The standard InChI is InChI=1S/C16H14BrNO3/c1-21-16(20)13(9-12-4-6-14(17)7-5-12)10-18-8-2-3-15(18)11-19/h2-9,11H,10H2,1H3/b13-9+. The van der Waals surface area contributed by atoms with Crippen LogP contribution in [0.3, 0.4) is 0 Å². The molecule has 0 aliphatic heterocycles. The number of carbonyl (C=O) groups excluding carboxylic acids is 2. The van der Waals surface area contributed by atoms with Crippen molar-refractivity contribution in [3.05, 3.63) is 63.9 Å². The fourth-order valence-electron chi connectivity index (χ4n) is 1.92. The van der Waals surface area contributed by atoms with Crippen LogP contribution >= 0.6 is 15.9 Å². The molecule has 1 heterocycles. The minimum Gasteiger partial charge on any atom is -0.466 e. The van der Waals surface area contributed by atoms with E-state index in [0.29, 0.717) is 11.3 Å². The average Bonchev–Trinajstić information content (AvgIpc) is 2.95. The third kappa shape index (κ3) is 3.92. The van der Waals surface area contributed by atoms with Crippen LogP contribution in [-0.2, 0) is 16.1 Å². The van der Waals surface area contributed by atoms with E-state index < -0.39 is 5.97 Å². The molecule has 1 aromatic carbocycles. The molecule has 4 nitrogen and oxygen atoms in total. The molecule has 108 valence electrons. The first-order chi connectivity index (χ1) is 10.1. The SMILES string of the molecule is COC(=O)/C(=C/c1ccc(Br)cc1)Cn1cccc1C=O. The van der Waals surface area contributed by atoms with Gasteiger partial charge in [-0.3, -0.25) is 4.79 Å². The van der Waals surface area contributed by atoms with E-state index in [1.165, 1.54) is 7.11 Å². The lowest BCUT2D eigenvalue weighted by molar-refractivity contribution is -0.136. The first kappa shape index (κ1) is 15.3. The normalized spacial score (nSPS) is 11.2. The van der Waals surface area contributed by atoms with Crippen LogP contribution in [0.25, 0.3) is 6.08 Å². The van der Waals surface area contributed by atoms with Gasteiger partial charge in [-0.25, -0.2) is 4.79 Å². The highest BCUT2D eigenvalue weighted by molar-refractivity contribution is 9.10. The van der Waals surface area contributed by atoms with Gasteiger partial charge in [0.2, 0.25) is 0 Å². The first-order valence-corrected chi connectivity index (χ1v) is 7.08. The molecule has 0 spiro atoms. The summed E-state index contributed by atoms with van der Waals surface area (Å²) >= 11 is 3.37. The van der Waals surface area contributed by atoms with Gasteiger partial charge >= 0.3 is 5.97 Å². The molecule has 0 atom stereocenters. The maximum atomic E-state index is 11.9. The Morgan fingerprint density at radius 3 is 2.62 bits per heavy atom. The van der Waals surface area contributed by atoms with Crippen molar-refractivity contribution in [2.75, 3.05) is 7.11 Å². The molecule has 0 saturated carbocycles. The van der Waals surface area contributed by atoms with Gasteiger partial charge in [0.15, 0.2) is 6.29 Å². The molecule has 1 aromatic heterocycles. The van der Waals surface area contributed by atoms with Crippen LogP contribution in [-0.4, -0.2) is 23.9 Å². The van der Waals surface area contributed by atoms with Gasteiger partial charge in [0.25, 0.3) is 0 Å². The van der Waals surface area contributed by atoms with Gasteiger partial charge in [-0.1, -0.05) is 28.1 Å². The molecule has 0 bridgehead atoms. The van der Waals surface area contributed by atoms with Gasteiger partial charge < -0.3 is 9.30 Å². The molecule has 0 amide bonds. The lowest BCUT2D eigenvalue weighted by Gasteiger charge is -2.09. The summed E-state index contributed by atoms with van der Waals surface area (Å²) in [4.78, 5) is 22.9. The van der Waals surface area contributed by atoms with E-state index in [0.717, 1.165) is 16.3 Å². The molecule has 0 fully saturated rings. The molecule has 5 heteroatoms. The Hall–Kier alpha value is -2.14. The Kier molecular flexibility index (Phi) is 5.11. The highest BCUT2D eigenvalue weighted by Crippen LogP contribution is 2.15. The number of hydrogen-bond acceptors (Lipinski definition) is 3. The number of halogens is 1. The van der Waals surface area contributed by atoms with E-state index in [2.05, 4.69) is 15.9 Å². The summed E-state index contributed by atoms with van der Waals surface area (Å²) in [6.45, 7) is 0.282. The number of aromatic nitrogens is 1. The zero-order chi connectivity index (χ0) is 15.2. The zero-order valence-electron chi connectivity index (χ0n) is 11.5. The van der Waals surface area contributed by atoms with Crippen molar-refractivity contribution in [1.29, 1.82) is 0 Å². The minimum atomic E-state index is -0.413. The lowest BCUT2D eigenvalue weighted by atomic mass is 10.1. The van der Waals surface area contributed by atoms with E-state index in [9.17, 15) is 9.59 Å². The molecule has 0 unspecified atom stereocenters. The van der Waals surface area contributed by atoms with Crippen LogP contribution in [0.2, 0.25) is 0 Å². The van der Waals surface area contributed by atoms with Crippen molar-refractivity contribution >= 4 is 34.3 Å². The second-order valence-corrected chi connectivity index (χ2v) is 5.31. The first-order valence-electron chi connectivity index (χ1n) is 6.29. The molecular formula is C16H14BrNO3. The number of nitrogens with zero attached hydrogens (tertiary/aromatic N) is 1. The average molecular weight is 348 g/mol. The number of aldehydes is 1. The minimum absolute atomic E-state index is 0.282. The summed E-state index contributed by atoms with van der Waals surface area (Å²) < 4.78 is 7.48. The smallest absolute Gasteiger partial charge is 0.335 e. The highest BCUT2D eigenvalue weighted by Gasteiger charge is 2.12. The Labute approximate surface area is 131 Å². The Balaban J connectivity index is 2.32. The lowest BCUT2D eigenvalue weighted by Crippen LogP contribution is -2.12. The summed E-state index contributed by atoms with van der Waals surface area (Å²) in [6, 6.07) is 11.0. The van der Waals surface area contributed by atoms with Gasteiger partial charge in [0.05, 0.1) is 24.9 Å². The summed E-state index contributed by atoms with van der Waals surface area (Å²) in [6.07, 6.45) is 4.27. The number of benzene rings is 1. The molecule has 0 radical (unpaired) electrons. The van der Waals surface area contributed by atoms with E-state index in [1.807, 2.05) is 24.3 Å². The third-order valence-electron chi connectivity index (χ3n) is 2.98. The number of hydrogen-bond donors (Lipinski definition) is 0. The summed E-state index contributed by atoms with van der Waals surface area (Å²) in [7, 11) is 1.34. The van der Waals surface area contributed by atoms with E-state index in [4.69, 9.17) is 4.74 Å².